The van der Waals surface area contributed by atoms with Gasteiger partial charge in [-0.05, 0) is 23.0 Å². The third-order valence-corrected chi connectivity index (χ3v) is 4.56. The van der Waals surface area contributed by atoms with Crippen molar-refractivity contribution in [2.75, 3.05) is 0 Å². The molecule has 0 radical (unpaired) electrons. The number of fused-ring (bicyclic) bond motifs is 1. The fourth-order valence-electron chi connectivity index (χ4n) is 3.11. The Bertz CT molecular complexity index is 1010. The van der Waals surface area contributed by atoms with E-state index in [2.05, 4.69) is 80.6 Å². The molecule has 3 heterocycles. The van der Waals surface area contributed by atoms with Gasteiger partial charge in [0.1, 0.15) is 5.52 Å². The summed E-state index contributed by atoms with van der Waals surface area (Å²) in [7, 11) is 0. The molecular weight excluding hydrogens is 326 g/mol. The van der Waals surface area contributed by atoms with Gasteiger partial charge < -0.3 is 4.98 Å². The Morgan fingerprint density at radius 2 is 1.73 bits per heavy atom. The Morgan fingerprint density at radius 1 is 0.962 bits per heavy atom. The van der Waals surface area contributed by atoms with Crippen molar-refractivity contribution in [1.82, 2.24) is 35.6 Å². The van der Waals surface area contributed by atoms with Gasteiger partial charge in [0, 0.05) is 24.4 Å². The van der Waals surface area contributed by atoms with Crippen LogP contribution in [0, 0.1) is 0 Å². The van der Waals surface area contributed by atoms with Gasteiger partial charge in [-0.3, -0.25) is 4.98 Å². The van der Waals surface area contributed by atoms with Gasteiger partial charge >= 0.3 is 0 Å². The second-order valence-corrected chi connectivity index (χ2v) is 7.39. The molecular formula is C19H21N7. The maximum absolute atomic E-state index is 4.53. The largest absolute Gasteiger partial charge is 0.338 e. The number of aromatic amines is 2. The van der Waals surface area contributed by atoms with Gasteiger partial charge in [0.05, 0.1) is 5.69 Å². The lowest BCUT2D eigenvalue weighted by molar-refractivity contribution is 0.590. The van der Waals surface area contributed by atoms with Crippen LogP contribution in [0.4, 0.5) is 0 Å². The molecule has 4 aromatic rings. The van der Waals surface area contributed by atoms with Crippen molar-refractivity contribution in [1.29, 1.82) is 0 Å². The number of tetrazole rings is 1. The Labute approximate surface area is 151 Å². The Balaban J connectivity index is 1.75. The summed E-state index contributed by atoms with van der Waals surface area (Å²) in [6.45, 7) is 6.65. The molecule has 0 aliphatic heterocycles. The Hall–Kier alpha value is -3.09. The highest BCUT2D eigenvalue weighted by Gasteiger charge is 2.17. The molecule has 0 unspecified atom stereocenters. The lowest BCUT2D eigenvalue weighted by Gasteiger charge is -2.19. The second kappa shape index (κ2) is 6.33. The number of hydrogen-bond donors (Lipinski definition) is 2. The van der Waals surface area contributed by atoms with E-state index in [1.807, 2.05) is 0 Å². The standard InChI is InChI=1S/C19H21N7/c1-19(2,3)13-6-4-12(5-7-13)16-14(8-9-15-23-25-26-24-15)17-18(22-16)21-11-10-20-17/h4-7,10-11H,8-9H2,1-3H3,(H,21,22)(H,23,24,25,26). The molecule has 7 heteroatoms. The first-order valence-electron chi connectivity index (χ1n) is 8.67. The summed E-state index contributed by atoms with van der Waals surface area (Å²) < 4.78 is 0. The number of rotatable bonds is 4. The first-order valence-corrected chi connectivity index (χ1v) is 8.67. The summed E-state index contributed by atoms with van der Waals surface area (Å²) in [5, 5.41) is 14.2. The van der Waals surface area contributed by atoms with Gasteiger partial charge in [-0.2, -0.15) is 5.21 Å². The number of aryl methyl sites for hydroxylation is 2. The molecule has 4 rings (SSSR count). The molecule has 3 aromatic heterocycles. The molecule has 0 fully saturated rings. The van der Waals surface area contributed by atoms with Crippen molar-refractivity contribution >= 4 is 11.2 Å². The van der Waals surface area contributed by atoms with Crippen molar-refractivity contribution in [3.8, 4) is 11.3 Å². The summed E-state index contributed by atoms with van der Waals surface area (Å²) in [6.07, 6.45) is 4.87. The molecule has 0 saturated carbocycles. The van der Waals surface area contributed by atoms with E-state index >= 15 is 0 Å². The molecule has 0 atom stereocenters. The average Bonchev–Trinajstić information content (AvgIpc) is 3.27. The molecule has 0 aliphatic carbocycles. The lowest BCUT2D eigenvalue weighted by atomic mass is 9.86. The molecule has 7 nitrogen and oxygen atoms in total. The third kappa shape index (κ3) is 3.08. The van der Waals surface area contributed by atoms with Crippen LogP contribution in [0.5, 0.6) is 0 Å². The first kappa shape index (κ1) is 16.4. The molecule has 0 amide bonds. The van der Waals surface area contributed by atoms with Crippen LogP contribution in [0.2, 0.25) is 0 Å². The Kier molecular flexibility index (Phi) is 3.99. The summed E-state index contributed by atoms with van der Waals surface area (Å²) in [4.78, 5) is 12.4. The van der Waals surface area contributed by atoms with Gasteiger partial charge in [-0.25, -0.2) is 4.98 Å². The Morgan fingerprint density at radius 3 is 2.42 bits per heavy atom. The van der Waals surface area contributed by atoms with E-state index in [1.54, 1.807) is 12.4 Å². The van der Waals surface area contributed by atoms with Crippen molar-refractivity contribution in [2.45, 2.75) is 39.0 Å². The van der Waals surface area contributed by atoms with Gasteiger partial charge in [0.2, 0.25) is 0 Å². The van der Waals surface area contributed by atoms with Crippen molar-refractivity contribution in [3.05, 3.63) is 53.6 Å². The van der Waals surface area contributed by atoms with Gasteiger partial charge in [-0.15, -0.1) is 10.2 Å². The summed E-state index contributed by atoms with van der Waals surface area (Å²) in [5.41, 5.74) is 6.43. The number of benzene rings is 1. The van der Waals surface area contributed by atoms with Gasteiger partial charge in [-0.1, -0.05) is 50.3 Å². The zero-order chi connectivity index (χ0) is 18.1. The van der Waals surface area contributed by atoms with Crippen LogP contribution >= 0.6 is 0 Å². The van der Waals surface area contributed by atoms with Crippen LogP contribution in [0.1, 0.15) is 37.7 Å². The topological polar surface area (TPSA) is 96.0 Å². The normalized spacial score (nSPS) is 12.0. The molecule has 132 valence electrons. The van der Waals surface area contributed by atoms with Crippen molar-refractivity contribution in [2.24, 2.45) is 0 Å². The summed E-state index contributed by atoms with van der Waals surface area (Å²) in [5.74, 6) is 0.692. The molecule has 0 aliphatic rings. The van der Waals surface area contributed by atoms with Crippen LogP contribution in [0.25, 0.3) is 22.4 Å². The van der Waals surface area contributed by atoms with Crippen molar-refractivity contribution in [3.63, 3.8) is 0 Å². The number of nitrogens with zero attached hydrogens (tertiary/aromatic N) is 5. The molecule has 2 N–H and O–H groups in total. The molecule has 0 spiro atoms. The maximum Gasteiger partial charge on any atom is 0.174 e. The summed E-state index contributed by atoms with van der Waals surface area (Å²) in [6, 6.07) is 8.68. The van der Waals surface area contributed by atoms with Crippen LogP contribution in [-0.2, 0) is 18.3 Å². The van der Waals surface area contributed by atoms with Crippen LogP contribution in [-0.4, -0.2) is 35.6 Å². The number of H-pyrrole nitrogens is 2. The van der Waals surface area contributed by atoms with E-state index in [9.17, 15) is 0 Å². The highest BCUT2D eigenvalue weighted by Crippen LogP contribution is 2.31. The van der Waals surface area contributed by atoms with Gasteiger partial charge in [0.15, 0.2) is 11.5 Å². The minimum absolute atomic E-state index is 0.129. The second-order valence-electron chi connectivity index (χ2n) is 7.39. The predicted molar refractivity (Wildman–Crippen MR) is 99.6 cm³/mol. The minimum atomic E-state index is 0.129. The number of aromatic nitrogens is 7. The monoisotopic (exact) mass is 347 g/mol. The molecule has 1 aromatic carbocycles. The van der Waals surface area contributed by atoms with E-state index < -0.39 is 0 Å². The average molecular weight is 347 g/mol. The summed E-state index contributed by atoms with van der Waals surface area (Å²) >= 11 is 0. The fourth-order valence-corrected chi connectivity index (χ4v) is 3.11. The molecule has 0 saturated heterocycles. The van der Waals surface area contributed by atoms with E-state index in [0.717, 1.165) is 34.4 Å². The number of hydrogen-bond acceptors (Lipinski definition) is 5. The zero-order valence-corrected chi connectivity index (χ0v) is 15.1. The van der Waals surface area contributed by atoms with E-state index in [0.29, 0.717) is 12.2 Å². The van der Waals surface area contributed by atoms with Gasteiger partial charge in [0.25, 0.3) is 0 Å². The lowest BCUT2D eigenvalue weighted by Crippen LogP contribution is -2.10. The van der Waals surface area contributed by atoms with Crippen LogP contribution < -0.4 is 0 Å². The first-order chi connectivity index (χ1) is 12.5. The smallest absolute Gasteiger partial charge is 0.174 e. The van der Waals surface area contributed by atoms with Crippen molar-refractivity contribution < 1.29 is 0 Å². The fraction of sp³-hybridized carbons (Fsp3) is 0.316. The minimum Gasteiger partial charge on any atom is -0.338 e. The molecule has 26 heavy (non-hydrogen) atoms. The third-order valence-electron chi connectivity index (χ3n) is 4.56. The quantitative estimate of drug-likeness (QED) is 0.591. The zero-order valence-electron chi connectivity index (χ0n) is 15.1. The van der Waals surface area contributed by atoms with E-state index in [1.165, 1.54) is 5.56 Å². The van der Waals surface area contributed by atoms with E-state index in [-0.39, 0.29) is 5.41 Å². The SMILES string of the molecule is CC(C)(C)c1ccc(-c2[nH]c3nccnc3c2CCc2nn[nH]n2)cc1. The van der Waals surface area contributed by atoms with E-state index in [4.69, 9.17) is 0 Å². The molecule has 0 bridgehead atoms. The maximum atomic E-state index is 4.53. The highest BCUT2D eigenvalue weighted by molar-refractivity contribution is 5.85. The van der Waals surface area contributed by atoms with Crippen LogP contribution in [0.3, 0.4) is 0 Å². The predicted octanol–water partition coefficient (Wildman–Crippen LogP) is 3.22. The highest BCUT2D eigenvalue weighted by atomic mass is 15.5. The number of nitrogens with one attached hydrogen (secondary N) is 2. The van der Waals surface area contributed by atoms with Crippen LogP contribution in [0.15, 0.2) is 36.7 Å².